The lowest BCUT2D eigenvalue weighted by molar-refractivity contribution is -0.210. The summed E-state index contributed by atoms with van der Waals surface area (Å²) in [5.41, 5.74) is -0.435. The van der Waals surface area contributed by atoms with Crippen molar-refractivity contribution in [3.63, 3.8) is 0 Å². The maximum atomic E-state index is 14.6. The van der Waals surface area contributed by atoms with Gasteiger partial charge in [-0.2, -0.15) is 0 Å². The van der Waals surface area contributed by atoms with Crippen LogP contribution in [0.1, 0.15) is 41.8 Å². The van der Waals surface area contributed by atoms with Crippen LogP contribution in [0.2, 0.25) is 5.28 Å². The molecular formula is C20H20ClF3N4O3. The summed E-state index contributed by atoms with van der Waals surface area (Å²) in [7, 11) is 1.46. The van der Waals surface area contributed by atoms with Crippen LogP contribution < -0.4 is 5.32 Å². The molecule has 0 unspecified atom stereocenters. The Hall–Kier alpha value is -2.43. The third-order valence-corrected chi connectivity index (χ3v) is 5.78. The quantitative estimate of drug-likeness (QED) is 0.669. The molecule has 0 bridgehead atoms. The van der Waals surface area contributed by atoms with Crippen LogP contribution in [0.3, 0.4) is 0 Å². The summed E-state index contributed by atoms with van der Waals surface area (Å²) >= 11 is 6.06. The van der Waals surface area contributed by atoms with E-state index < -0.39 is 29.4 Å². The molecule has 166 valence electrons. The highest BCUT2D eigenvalue weighted by atomic mass is 35.5. The molecule has 0 spiro atoms. The monoisotopic (exact) mass is 456 g/mol. The van der Waals surface area contributed by atoms with Gasteiger partial charge in [0.25, 0.3) is 12.3 Å². The fourth-order valence-electron chi connectivity index (χ4n) is 3.75. The zero-order chi connectivity index (χ0) is 22.3. The van der Waals surface area contributed by atoms with E-state index in [1.165, 1.54) is 19.2 Å². The summed E-state index contributed by atoms with van der Waals surface area (Å²) in [4.78, 5) is 22.9. The number of methoxy groups -OCH3 is 1. The standard InChI is InChI=1S/C20H20ClF3N4O3/c1-10(11-4-3-5-12(15(11)22)16(23)24)25-17-13-6-28(7-14(13)26-19(21)27-17)18(29)20(30-2)8-31-9-20/h3-5,10,16H,6-9H2,1-2H3,(H,25,26,27)/t10-/m1/s1. The van der Waals surface area contributed by atoms with Gasteiger partial charge in [-0.15, -0.1) is 0 Å². The lowest BCUT2D eigenvalue weighted by Crippen LogP contribution is -2.61. The highest BCUT2D eigenvalue weighted by Gasteiger charge is 2.50. The number of carbonyl (C=O) groups excluding carboxylic acids is 1. The van der Waals surface area contributed by atoms with Gasteiger partial charge in [0.1, 0.15) is 11.6 Å². The van der Waals surface area contributed by atoms with Gasteiger partial charge in [0.2, 0.25) is 5.28 Å². The van der Waals surface area contributed by atoms with E-state index >= 15 is 0 Å². The Morgan fingerprint density at radius 2 is 2.00 bits per heavy atom. The van der Waals surface area contributed by atoms with Gasteiger partial charge in [-0.05, 0) is 18.5 Å². The third kappa shape index (κ3) is 3.83. The Morgan fingerprint density at radius 3 is 2.61 bits per heavy atom. The van der Waals surface area contributed by atoms with Crippen molar-refractivity contribution in [2.24, 2.45) is 0 Å². The number of nitrogens with zero attached hydrogens (tertiary/aromatic N) is 3. The molecule has 0 saturated carbocycles. The van der Waals surface area contributed by atoms with Crippen molar-refractivity contribution in [2.75, 3.05) is 25.6 Å². The zero-order valence-corrected chi connectivity index (χ0v) is 17.5. The smallest absolute Gasteiger partial charge is 0.266 e. The van der Waals surface area contributed by atoms with E-state index in [9.17, 15) is 18.0 Å². The first-order valence-corrected chi connectivity index (χ1v) is 9.94. The molecule has 31 heavy (non-hydrogen) atoms. The number of rotatable bonds is 6. The number of fused-ring (bicyclic) bond motifs is 1. The Labute approximate surface area is 181 Å². The summed E-state index contributed by atoms with van der Waals surface area (Å²) in [6.45, 7) is 2.37. The first-order chi connectivity index (χ1) is 14.8. The molecule has 11 heteroatoms. The van der Waals surface area contributed by atoms with E-state index in [1.54, 1.807) is 11.8 Å². The number of aromatic nitrogens is 2. The number of alkyl halides is 2. The van der Waals surface area contributed by atoms with Crippen LogP contribution >= 0.6 is 11.6 Å². The van der Waals surface area contributed by atoms with Crippen molar-refractivity contribution in [2.45, 2.75) is 38.1 Å². The first-order valence-electron chi connectivity index (χ1n) is 9.56. The van der Waals surface area contributed by atoms with E-state index in [0.29, 0.717) is 17.1 Å². The van der Waals surface area contributed by atoms with Crippen LogP contribution in [0.5, 0.6) is 0 Å². The molecule has 4 rings (SSSR count). The Bertz CT molecular complexity index is 1010. The number of nitrogens with one attached hydrogen (secondary N) is 1. The van der Waals surface area contributed by atoms with Crippen molar-refractivity contribution < 1.29 is 27.4 Å². The second-order valence-corrected chi connectivity index (χ2v) is 7.87. The summed E-state index contributed by atoms with van der Waals surface area (Å²) in [5, 5.41) is 2.99. The minimum Gasteiger partial charge on any atom is -0.374 e. The fraction of sp³-hybridized carbons (Fsp3) is 0.450. The van der Waals surface area contributed by atoms with E-state index in [1.807, 2.05) is 0 Å². The molecule has 0 aliphatic carbocycles. The SMILES string of the molecule is COC1(C(=O)N2Cc3nc(Cl)nc(N[C@H](C)c4cccc(C(F)F)c4F)c3C2)COC1. The minimum absolute atomic E-state index is 0.0435. The molecule has 3 heterocycles. The van der Waals surface area contributed by atoms with Crippen LogP contribution in [-0.2, 0) is 27.4 Å². The number of hydrogen-bond acceptors (Lipinski definition) is 6. The van der Waals surface area contributed by atoms with Crippen molar-refractivity contribution in [3.8, 4) is 0 Å². The van der Waals surface area contributed by atoms with Gasteiger partial charge < -0.3 is 19.7 Å². The molecule has 1 aromatic carbocycles. The normalized spacial score (nSPS) is 18.0. The van der Waals surface area contributed by atoms with Gasteiger partial charge in [0, 0.05) is 18.2 Å². The van der Waals surface area contributed by atoms with E-state index in [0.717, 1.165) is 6.07 Å². The van der Waals surface area contributed by atoms with E-state index in [4.69, 9.17) is 21.1 Å². The van der Waals surface area contributed by atoms with Crippen molar-refractivity contribution in [1.29, 1.82) is 0 Å². The second kappa shape index (κ2) is 8.25. The Morgan fingerprint density at radius 1 is 1.29 bits per heavy atom. The maximum Gasteiger partial charge on any atom is 0.266 e. The zero-order valence-electron chi connectivity index (χ0n) is 16.8. The molecule has 1 atom stereocenters. The van der Waals surface area contributed by atoms with E-state index in [2.05, 4.69) is 15.3 Å². The molecule has 1 N–H and O–H groups in total. The maximum absolute atomic E-state index is 14.6. The number of amides is 1. The highest BCUT2D eigenvalue weighted by Crippen LogP contribution is 2.35. The molecule has 1 fully saturated rings. The van der Waals surface area contributed by atoms with Gasteiger partial charge in [-0.1, -0.05) is 18.2 Å². The van der Waals surface area contributed by atoms with Crippen molar-refractivity contribution >= 4 is 23.3 Å². The number of halogens is 4. The number of carbonyl (C=O) groups is 1. The topological polar surface area (TPSA) is 76.6 Å². The Kier molecular flexibility index (Phi) is 5.80. The summed E-state index contributed by atoms with van der Waals surface area (Å²) < 4.78 is 51.2. The number of ether oxygens (including phenoxy) is 2. The van der Waals surface area contributed by atoms with Crippen molar-refractivity contribution in [3.05, 3.63) is 51.7 Å². The molecule has 0 radical (unpaired) electrons. The molecular weight excluding hydrogens is 437 g/mol. The number of anilines is 1. The molecule has 1 amide bonds. The van der Waals surface area contributed by atoms with Gasteiger partial charge in [-0.3, -0.25) is 4.79 Å². The highest BCUT2D eigenvalue weighted by molar-refractivity contribution is 6.28. The van der Waals surface area contributed by atoms with Crippen LogP contribution in [0.25, 0.3) is 0 Å². The lowest BCUT2D eigenvalue weighted by atomic mass is 10.0. The summed E-state index contributed by atoms with van der Waals surface area (Å²) in [6, 6.07) is 3.16. The molecule has 7 nitrogen and oxygen atoms in total. The average molecular weight is 457 g/mol. The molecule has 2 aromatic rings. The fourth-order valence-corrected chi connectivity index (χ4v) is 3.93. The molecule has 1 saturated heterocycles. The second-order valence-electron chi connectivity index (χ2n) is 7.54. The van der Waals surface area contributed by atoms with Gasteiger partial charge in [0.05, 0.1) is 43.6 Å². The number of benzene rings is 1. The third-order valence-electron chi connectivity index (χ3n) is 5.61. The van der Waals surface area contributed by atoms with E-state index in [-0.39, 0.29) is 43.1 Å². The predicted molar refractivity (Wildman–Crippen MR) is 105 cm³/mol. The van der Waals surface area contributed by atoms with Crippen LogP contribution in [0.4, 0.5) is 19.0 Å². The number of hydrogen-bond donors (Lipinski definition) is 1. The Balaban J connectivity index is 1.59. The molecule has 1 aromatic heterocycles. The minimum atomic E-state index is -2.92. The summed E-state index contributed by atoms with van der Waals surface area (Å²) in [6.07, 6.45) is -2.92. The van der Waals surface area contributed by atoms with Gasteiger partial charge in [0.15, 0.2) is 5.60 Å². The van der Waals surface area contributed by atoms with Crippen molar-refractivity contribution in [1.82, 2.24) is 14.9 Å². The molecule has 2 aliphatic heterocycles. The molecule has 2 aliphatic rings. The first kappa shape index (κ1) is 21.8. The van der Waals surface area contributed by atoms with Crippen LogP contribution in [0.15, 0.2) is 18.2 Å². The summed E-state index contributed by atoms with van der Waals surface area (Å²) in [5.74, 6) is -0.890. The predicted octanol–water partition coefficient (Wildman–Crippen LogP) is 3.64. The largest absolute Gasteiger partial charge is 0.374 e. The van der Waals surface area contributed by atoms with Gasteiger partial charge >= 0.3 is 0 Å². The van der Waals surface area contributed by atoms with Gasteiger partial charge in [-0.25, -0.2) is 23.1 Å². The van der Waals surface area contributed by atoms with Crippen LogP contribution in [0, 0.1) is 5.82 Å². The van der Waals surface area contributed by atoms with Crippen LogP contribution in [-0.4, -0.2) is 46.7 Å². The average Bonchev–Trinajstić information content (AvgIpc) is 3.11. The lowest BCUT2D eigenvalue weighted by Gasteiger charge is -2.40.